The van der Waals surface area contributed by atoms with Gasteiger partial charge in [-0.2, -0.15) is 0 Å². The van der Waals surface area contributed by atoms with Crippen molar-refractivity contribution in [2.45, 2.75) is 64.2 Å². The summed E-state index contributed by atoms with van der Waals surface area (Å²) in [6.45, 7) is 9.79. The Labute approximate surface area is 116 Å². The summed E-state index contributed by atoms with van der Waals surface area (Å²) in [4.78, 5) is 14.9. The van der Waals surface area contributed by atoms with E-state index in [1.165, 1.54) is 0 Å². The lowest BCUT2D eigenvalue weighted by atomic mass is 9.85. The Kier molecular flexibility index (Phi) is 4.05. The Morgan fingerprint density at radius 3 is 2.58 bits per heavy atom. The molecule has 0 aliphatic carbocycles. The summed E-state index contributed by atoms with van der Waals surface area (Å²) < 4.78 is 5.94. The van der Waals surface area contributed by atoms with Crippen LogP contribution < -0.4 is 0 Å². The summed E-state index contributed by atoms with van der Waals surface area (Å²) in [7, 11) is 0. The molecule has 4 nitrogen and oxygen atoms in total. The van der Waals surface area contributed by atoms with E-state index in [-0.39, 0.29) is 18.3 Å². The molecule has 0 aromatic heterocycles. The maximum Gasteiger partial charge on any atom is 0.171 e. The minimum absolute atomic E-state index is 0.0678. The topological polar surface area (TPSA) is 49.8 Å². The molecule has 0 aromatic carbocycles. The van der Waals surface area contributed by atoms with Crippen molar-refractivity contribution in [3.8, 4) is 0 Å². The monoisotopic (exact) mass is 269 g/mol. The van der Waals surface area contributed by atoms with Gasteiger partial charge in [-0.25, -0.2) is 0 Å². The number of ketones is 1. The number of nitrogens with zero attached hydrogens (tertiary/aromatic N) is 1. The van der Waals surface area contributed by atoms with Crippen molar-refractivity contribution >= 4 is 5.78 Å². The molecule has 1 N–H and O–H groups in total. The third kappa shape index (κ3) is 2.86. The highest BCUT2D eigenvalue weighted by Crippen LogP contribution is 2.40. The quantitative estimate of drug-likeness (QED) is 0.842. The highest BCUT2D eigenvalue weighted by atomic mass is 16.5. The molecule has 2 heterocycles. The van der Waals surface area contributed by atoms with Crippen molar-refractivity contribution in [1.82, 2.24) is 4.90 Å². The molecule has 2 fully saturated rings. The van der Waals surface area contributed by atoms with E-state index in [0.717, 1.165) is 32.4 Å². The van der Waals surface area contributed by atoms with Gasteiger partial charge in [0, 0.05) is 19.2 Å². The van der Waals surface area contributed by atoms with Crippen LogP contribution in [0.25, 0.3) is 0 Å². The molecular formula is C15H27NO3. The van der Waals surface area contributed by atoms with E-state index in [0.29, 0.717) is 6.04 Å². The molecule has 2 unspecified atom stereocenters. The van der Waals surface area contributed by atoms with Crippen LogP contribution in [0.5, 0.6) is 0 Å². The molecular weight excluding hydrogens is 242 g/mol. The molecule has 2 atom stereocenters. The van der Waals surface area contributed by atoms with Gasteiger partial charge in [0.15, 0.2) is 5.78 Å². The molecule has 110 valence electrons. The molecule has 0 spiro atoms. The third-order valence-corrected chi connectivity index (χ3v) is 4.65. The fourth-order valence-electron chi connectivity index (χ4n) is 3.66. The first-order chi connectivity index (χ1) is 8.78. The van der Waals surface area contributed by atoms with Crippen LogP contribution in [0.1, 0.15) is 47.0 Å². The first-order valence-electron chi connectivity index (χ1n) is 7.37. The van der Waals surface area contributed by atoms with Crippen LogP contribution in [0.3, 0.4) is 0 Å². The maximum atomic E-state index is 12.5. The summed E-state index contributed by atoms with van der Waals surface area (Å²) >= 11 is 0. The van der Waals surface area contributed by atoms with E-state index in [1.54, 1.807) is 0 Å². The normalized spacial score (nSPS) is 34.1. The zero-order chi connectivity index (χ0) is 14.3. The Hall–Kier alpha value is -0.450. The predicted molar refractivity (Wildman–Crippen MR) is 74.0 cm³/mol. The molecule has 2 rings (SSSR count). The molecule has 2 aliphatic rings. The van der Waals surface area contributed by atoms with Crippen molar-refractivity contribution in [1.29, 1.82) is 0 Å². The van der Waals surface area contributed by atoms with Crippen molar-refractivity contribution in [2.75, 3.05) is 19.7 Å². The zero-order valence-electron chi connectivity index (χ0n) is 12.6. The summed E-state index contributed by atoms with van der Waals surface area (Å²) in [5.41, 5.74) is -1.06. The Morgan fingerprint density at radius 2 is 2.05 bits per heavy atom. The van der Waals surface area contributed by atoms with E-state index in [1.807, 2.05) is 27.7 Å². The van der Waals surface area contributed by atoms with Gasteiger partial charge in [0.1, 0.15) is 5.60 Å². The standard InChI is InChI=1S/C15H27NO3/c1-14(2)12(13(18)15(3,4)19-14)10-16-8-5-6-11(16)7-9-17/h11-12,17H,5-10H2,1-4H3. The molecule has 4 heteroatoms. The smallest absolute Gasteiger partial charge is 0.171 e. The van der Waals surface area contributed by atoms with Crippen LogP contribution in [0.15, 0.2) is 0 Å². The highest BCUT2D eigenvalue weighted by Gasteiger charge is 2.53. The molecule has 0 radical (unpaired) electrons. The number of likely N-dealkylation sites (tertiary alicyclic amines) is 1. The van der Waals surface area contributed by atoms with Gasteiger partial charge in [-0.05, 0) is 53.5 Å². The molecule has 0 amide bonds. The SMILES string of the molecule is CC1(C)OC(C)(C)C(CN2CCCC2CCO)C1=O. The molecule has 0 aromatic rings. The van der Waals surface area contributed by atoms with E-state index in [4.69, 9.17) is 9.84 Å². The molecule has 2 saturated heterocycles. The highest BCUT2D eigenvalue weighted by molar-refractivity contribution is 5.91. The fourth-order valence-corrected chi connectivity index (χ4v) is 3.66. The van der Waals surface area contributed by atoms with Gasteiger partial charge in [-0.1, -0.05) is 0 Å². The maximum absolute atomic E-state index is 12.5. The van der Waals surface area contributed by atoms with Crippen LogP contribution in [-0.2, 0) is 9.53 Å². The van der Waals surface area contributed by atoms with Gasteiger partial charge >= 0.3 is 0 Å². The average molecular weight is 269 g/mol. The number of hydrogen-bond acceptors (Lipinski definition) is 4. The summed E-state index contributed by atoms with van der Waals surface area (Å²) in [5.74, 6) is 0.147. The number of Topliss-reactive ketones (excluding diaryl/α,β-unsaturated/α-hetero) is 1. The Bertz CT molecular complexity index is 351. The van der Waals surface area contributed by atoms with Crippen LogP contribution in [0.2, 0.25) is 0 Å². The lowest BCUT2D eigenvalue weighted by Crippen LogP contribution is -2.43. The first kappa shape index (κ1) is 14.9. The van der Waals surface area contributed by atoms with Gasteiger partial charge in [-0.15, -0.1) is 0 Å². The molecule has 2 aliphatic heterocycles. The van der Waals surface area contributed by atoms with Crippen molar-refractivity contribution in [2.24, 2.45) is 5.92 Å². The Balaban J connectivity index is 2.07. The van der Waals surface area contributed by atoms with E-state index < -0.39 is 11.2 Å². The summed E-state index contributed by atoms with van der Waals surface area (Å²) in [5, 5.41) is 9.12. The largest absolute Gasteiger partial charge is 0.396 e. The van der Waals surface area contributed by atoms with E-state index >= 15 is 0 Å². The number of aliphatic hydroxyl groups is 1. The minimum atomic E-state index is -0.666. The van der Waals surface area contributed by atoms with Gasteiger partial charge in [-0.3, -0.25) is 9.69 Å². The number of ether oxygens (including phenoxy) is 1. The van der Waals surface area contributed by atoms with E-state index in [2.05, 4.69) is 4.90 Å². The van der Waals surface area contributed by atoms with Crippen LogP contribution in [0, 0.1) is 5.92 Å². The first-order valence-corrected chi connectivity index (χ1v) is 7.37. The van der Waals surface area contributed by atoms with Gasteiger partial charge in [0.05, 0.1) is 11.5 Å². The molecule has 19 heavy (non-hydrogen) atoms. The van der Waals surface area contributed by atoms with Gasteiger partial charge < -0.3 is 9.84 Å². The number of rotatable bonds is 4. The van der Waals surface area contributed by atoms with Gasteiger partial charge in [0.25, 0.3) is 0 Å². The van der Waals surface area contributed by atoms with E-state index in [9.17, 15) is 4.79 Å². The van der Waals surface area contributed by atoms with Crippen molar-refractivity contribution in [3.05, 3.63) is 0 Å². The second kappa shape index (κ2) is 5.15. The van der Waals surface area contributed by atoms with Crippen molar-refractivity contribution in [3.63, 3.8) is 0 Å². The average Bonchev–Trinajstić information content (AvgIpc) is 2.76. The van der Waals surface area contributed by atoms with Crippen LogP contribution in [-0.4, -0.2) is 52.7 Å². The summed E-state index contributed by atoms with van der Waals surface area (Å²) in [6.07, 6.45) is 3.11. The number of carbonyl (C=O) groups is 1. The number of hydrogen-bond donors (Lipinski definition) is 1. The second-order valence-electron chi connectivity index (χ2n) is 6.94. The number of aliphatic hydroxyl groups excluding tert-OH is 1. The fraction of sp³-hybridized carbons (Fsp3) is 0.933. The molecule has 0 saturated carbocycles. The minimum Gasteiger partial charge on any atom is -0.396 e. The number of carbonyl (C=O) groups excluding carboxylic acids is 1. The predicted octanol–water partition coefficient (Wildman–Crippen LogP) is 1.61. The van der Waals surface area contributed by atoms with Crippen molar-refractivity contribution < 1.29 is 14.6 Å². The third-order valence-electron chi connectivity index (χ3n) is 4.65. The lowest BCUT2D eigenvalue weighted by Gasteiger charge is -2.31. The second-order valence-corrected chi connectivity index (χ2v) is 6.94. The lowest BCUT2D eigenvalue weighted by molar-refractivity contribution is -0.132. The van der Waals surface area contributed by atoms with Gasteiger partial charge in [0.2, 0.25) is 0 Å². The summed E-state index contributed by atoms with van der Waals surface area (Å²) in [6, 6.07) is 0.428. The Morgan fingerprint density at radius 1 is 1.37 bits per heavy atom. The molecule has 0 bridgehead atoms. The zero-order valence-corrected chi connectivity index (χ0v) is 12.6. The van der Waals surface area contributed by atoms with Crippen LogP contribution in [0.4, 0.5) is 0 Å². The van der Waals surface area contributed by atoms with Crippen LogP contribution >= 0.6 is 0 Å².